The van der Waals surface area contributed by atoms with Crippen molar-refractivity contribution in [2.75, 3.05) is 13.7 Å². The molecule has 0 fully saturated rings. The molecule has 0 amide bonds. The lowest BCUT2D eigenvalue weighted by Gasteiger charge is -2.02. The molecule has 0 atom stereocenters. The summed E-state index contributed by atoms with van der Waals surface area (Å²) in [5.74, 6) is 0.980. The van der Waals surface area contributed by atoms with Crippen molar-refractivity contribution in [2.45, 2.75) is 6.42 Å². The Hall–Kier alpha value is -1.07. The number of nitrogens with zero attached hydrogens (tertiary/aromatic N) is 2. The number of ether oxygens (including phenoxy) is 1. The maximum atomic E-state index is 9.73. The molecule has 4 nitrogen and oxygen atoms in total. The summed E-state index contributed by atoms with van der Waals surface area (Å²) in [6, 6.07) is 5.32. The first kappa shape index (κ1) is 10.4. The average Bonchev–Trinajstić information content (AvgIpc) is 2.55. The molecule has 0 spiro atoms. The SMILES string of the molecule is COCCc1nc(Br)c2cccc(O)n12. The second-order valence-corrected chi connectivity index (χ2v) is 3.92. The molecule has 0 saturated carbocycles. The van der Waals surface area contributed by atoms with E-state index in [0.29, 0.717) is 13.0 Å². The van der Waals surface area contributed by atoms with Crippen LogP contribution in [0.4, 0.5) is 0 Å². The highest BCUT2D eigenvalue weighted by Crippen LogP contribution is 2.23. The van der Waals surface area contributed by atoms with Gasteiger partial charge in [-0.1, -0.05) is 6.07 Å². The summed E-state index contributed by atoms with van der Waals surface area (Å²) in [5.41, 5.74) is 0.862. The number of aromatic nitrogens is 2. The van der Waals surface area contributed by atoms with Crippen molar-refractivity contribution < 1.29 is 9.84 Å². The third-order valence-corrected chi connectivity index (χ3v) is 2.78. The van der Waals surface area contributed by atoms with Crippen LogP contribution in [0.5, 0.6) is 5.88 Å². The van der Waals surface area contributed by atoms with E-state index in [0.717, 1.165) is 15.9 Å². The van der Waals surface area contributed by atoms with Crippen LogP contribution in [0.2, 0.25) is 0 Å². The van der Waals surface area contributed by atoms with Crippen molar-refractivity contribution in [1.82, 2.24) is 9.38 Å². The van der Waals surface area contributed by atoms with Crippen LogP contribution in [0.1, 0.15) is 5.82 Å². The van der Waals surface area contributed by atoms with Crippen LogP contribution >= 0.6 is 15.9 Å². The molecule has 15 heavy (non-hydrogen) atoms. The predicted octanol–water partition coefficient (Wildman–Crippen LogP) is 1.99. The molecule has 0 aromatic carbocycles. The number of halogens is 1. The topological polar surface area (TPSA) is 46.8 Å². The second-order valence-electron chi connectivity index (χ2n) is 3.17. The van der Waals surface area contributed by atoms with Gasteiger partial charge in [-0.05, 0) is 28.1 Å². The molecular weight excluding hydrogens is 260 g/mol. The van der Waals surface area contributed by atoms with Crippen LogP contribution in [0, 0.1) is 0 Å². The lowest BCUT2D eigenvalue weighted by atomic mass is 10.4. The number of rotatable bonds is 3. The first-order valence-corrected chi connectivity index (χ1v) is 5.37. The van der Waals surface area contributed by atoms with Crippen LogP contribution in [-0.4, -0.2) is 28.2 Å². The van der Waals surface area contributed by atoms with Gasteiger partial charge < -0.3 is 9.84 Å². The minimum Gasteiger partial charge on any atom is -0.494 e. The number of aromatic hydroxyl groups is 1. The number of imidazole rings is 1. The molecular formula is C10H11BrN2O2. The van der Waals surface area contributed by atoms with Gasteiger partial charge in [0.25, 0.3) is 0 Å². The Kier molecular flexibility index (Phi) is 2.93. The van der Waals surface area contributed by atoms with E-state index in [4.69, 9.17) is 4.74 Å². The number of methoxy groups -OCH3 is 1. The zero-order valence-electron chi connectivity index (χ0n) is 8.27. The number of hydrogen-bond acceptors (Lipinski definition) is 3. The molecule has 1 N–H and O–H groups in total. The van der Waals surface area contributed by atoms with Crippen LogP contribution in [0.25, 0.3) is 5.52 Å². The third kappa shape index (κ3) is 1.85. The van der Waals surface area contributed by atoms with Crippen molar-refractivity contribution in [2.24, 2.45) is 0 Å². The molecule has 0 saturated heterocycles. The van der Waals surface area contributed by atoms with Crippen LogP contribution < -0.4 is 0 Å². The van der Waals surface area contributed by atoms with Crippen LogP contribution in [0.3, 0.4) is 0 Å². The fourth-order valence-electron chi connectivity index (χ4n) is 1.51. The number of pyridine rings is 1. The molecule has 0 aliphatic heterocycles. The van der Waals surface area contributed by atoms with E-state index in [1.54, 1.807) is 23.6 Å². The number of fused-ring (bicyclic) bond motifs is 1. The molecule has 2 rings (SSSR count). The Morgan fingerprint density at radius 3 is 3.07 bits per heavy atom. The average molecular weight is 271 g/mol. The highest BCUT2D eigenvalue weighted by molar-refractivity contribution is 9.10. The maximum Gasteiger partial charge on any atom is 0.197 e. The first-order chi connectivity index (χ1) is 7.24. The highest BCUT2D eigenvalue weighted by atomic mass is 79.9. The van der Waals surface area contributed by atoms with Crippen molar-refractivity contribution in [1.29, 1.82) is 0 Å². The first-order valence-electron chi connectivity index (χ1n) is 4.58. The summed E-state index contributed by atoms with van der Waals surface area (Å²) >= 11 is 3.36. The van der Waals surface area contributed by atoms with Gasteiger partial charge in [0.2, 0.25) is 0 Å². The summed E-state index contributed by atoms with van der Waals surface area (Å²) in [6.07, 6.45) is 0.668. The molecule has 0 bridgehead atoms. The van der Waals surface area contributed by atoms with Crippen molar-refractivity contribution in [3.63, 3.8) is 0 Å². The van der Waals surface area contributed by atoms with E-state index in [1.165, 1.54) is 0 Å². The lowest BCUT2D eigenvalue weighted by Crippen LogP contribution is -2.00. The molecule has 5 heteroatoms. The van der Waals surface area contributed by atoms with Crippen LogP contribution in [-0.2, 0) is 11.2 Å². The molecule has 2 heterocycles. The zero-order chi connectivity index (χ0) is 10.8. The normalized spacial score (nSPS) is 11.1. The maximum absolute atomic E-state index is 9.73. The van der Waals surface area contributed by atoms with Gasteiger partial charge in [0.05, 0.1) is 12.1 Å². The van der Waals surface area contributed by atoms with E-state index in [1.807, 2.05) is 6.07 Å². The van der Waals surface area contributed by atoms with Gasteiger partial charge in [-0.25, -0.2) is 4.98 Å². The van der Waals surface area contributed by atoms with Gasteiger partial charge in [0.15, 0.2) is 5.88 Å². The smallest absolute Gasteiger partial charge is 0.197 e. The molecule has 80 valence electrons. The Morgan fingerprint density at radius 1 is 1.53 bits per heavy atom. The van der Waals surface area contributed by atoms with Crippen molar-refractivity contribution in [3.05, 3.63) is 28.6 Å². The predicted molar refractivity (Wildman–Crippen MR) is 60.1 cm³/mol. The van der Waals surface area contributed by atoms with Crippen LogP contribution in [0.15, 0.2) is 22.8 Å². The summed E-state index contributed by atoms with van der Waals surface area (Å²) in [4.78, 5) is 4.33. The number of hydrogen-bond donors (Lipinski definition) is 1. The zero-order valence-corrected chi connectivity index (χ0v) is 9.86. The third-order valence-electron chi connectivity index (χ3n) is 2.20. The molecule has 2 aromatic rings. The fraction of sp³-hybridized carbons (Fsp3) is 0.300. The largest absolute Gasteiger partial charge is 0.494 e. The minimum absolute atomic E-state index is 0.191. The quantitative estimate of drug-likeness (QED) is 0.928. The van der Waals surface area contributed by atoms with Gasteiger partial charge in [-0.2, -0.15) is 0 Å². The van der Waals surface area contributed by atoms with Gasteiger partial charge in [0.1, 0.15) is 10.4 Å². The van der Waals surface area contributed by atoms with E-state index in [2.05, 4.69) is 20.9 Å². The Balaban J connectivity index is 2.54. The molecule has 0 aliphatic rings. The Morgan fingerprint density at radius 2 is 2.33 bits per heavy atom. The van der Waals surface area contributed by atoms with E-state index < -0.39 is 0 Å². The lowest BCUT2D eigenvalue weighted by molar-refractivity contribution is 0.200. The Bertz CT molecular complexity index is 481. The van der Waals surface area contributed by atoms with Gasteiger partial charge in [0, 0.05) is 13.5 Å². The van der Waals surface area contributed by atoms with Gasteiger partial charge in [-0.3, -0.25) is 4.40 Å². The van der Waals surface area contributed by atoms with E-state index in [9.17, 15) is 5.11 Å². The van der Waals surface area contributed by atoms with Gasteiger partial charge >= 0.3 is 0 Å². The monoisotopic (exact) mass is 270 g/mol. The summed E-state index contributed by atoms with van der Waals surface area (Å²) < 4.78 is 7.45. The Labute approximate surface area is 95.6 Å². The minimum atomic E-state index is 0.191. The second kappa shape index (κ2) is 4.20. The van der Waals surface area contributed by atoms with Crippen molar-refractivity contribution in [3.8, 4) is 5.88 Å². The molecule has 0 radical (unpaired) electrons. The van der Waals surface area contributed by atoms with Gasteiger partial charge in [-0.15, -0.1) is 0 Å². The molecule has 2 aromatic heterocycles. The summed E-state index contributed by atoms with van der Waals surface area (Å²) in [6.45, 7) is 0.583. The van der Waals surface area contributed by atoms with Crippen molar-refractivity contribution >= 4 is 21.4 Å². The highest BCUT2D eigenvalue weighted by Gasteiger charge is 2.10. The molecule has 0 unspecified atom stereocenters. The summed E-state index contributed by atoms with van der Waals surface area (Å²) in [5, 5.41) is 9.73. The molecule has 0 aliphatic carbocycles. The fourth-order valence-corrected chi connectivity index (χ4v) is 2.03. The standard InChI is InChI=1S/C10H11BrN2O2/c1-15-6-5-8-12-10(11)7-3-2-4-9(14)13(7)8/h2-4,14H,5-6H2,1H3. The summed E-state index contributed by atoms with van der Waals surface area (Å²) in [7, 11) is 1.64. The van der Waals surface area contributed by atoms with E-state index >= 15 is 0 Å². The van der Waals surface area contributed by atoms with E-state index in [-0.39, 0.29) is 5.88 Å².